The van der Waals surface area contributed by atoms with Crippen LogP contribution >= 0.6 is 0 Å². The summed E-state index contributed by atoms with van der Waals surface area (Å²) in [6.45, 7) is 4.20. The Hall–Kier alpha value is -2.26. The number of aryl methyl sites for hydroxylation is 1. The zero-order chi connectivity index (χ0) is 18.2. The van der Waals surface area contributed by atoms with Gasteiger partial charge in [-0.3, -0.25) is 5.32 Å². The Morgan fingerprint density at radius 2 is 1.77 bits per heavy atom. The maximum absolute atomic E-state index is 6.57. The van der Waals surface area contributed by atoms with Gasteiger partial charge in [-0.05, 0) is 50.4 Å². The molecule has 2 aromatic carbocycles. The van der Waals surface area contributed by atoms with E-state index in [2.05, 4.69) is 42.2 Å². The summed E-state index contributed by atoms with van der Waals surface area (Å²) in [5.41, 5.74) is 1.05. The van der Waals surface area contributed by atoms with Crippen LogP contribution in [-0.4, -0.2) is 19.4 Å². The van der Waals surface area contributed by atoms with Gasteiger partial charge < -0.3 is 9.47 Å². The number of para-hydroxylation sites is 2. The Labute approximate surface area is 157 Å². The van der Waals surface area contributed by atoms with Gasteiger partial charge >= 0.3 is 0 Å². The van der Waals surface area contributed by atoms with Gasteiger partial charge in [-0.2, -0.15) is 0 Å². The van der Waals surface area contributed by atoms with Crippen LogP contribution in [0.25, 0.3) is 0 Å². The van der Waals surface area contributed by atoms with E-state index in [-0.39, 0.29) is 5.72 Å². The first-order valence-corrected chi connectivity index (χ1v) is 9.52. The van der Waals surface area contributed by atoms with Crippen molar-refractivity contribution >= 4 is 0 Å². The summed E-state index contributed by atoms with van der Waals surface area (Å²) < 4.78 is 12.4. The molecule has 1 atom stereocenters. The fourth-order valence-electron chi connectivity index (χ4n) is 3.47. The predicted molar refractivity (Wildman–Crippen MR) is 107 cm³/mol. The standard InChI is InChI=1S/C23H29NO2/c1-3-18-25-21-13-7-8-14-22(21)26-23(24-2,20-15-16-20)17-9-12-19-10-5-4-6-11-19/h3-8,10-11,13-14,20,24H,1,9,12,15-18H2,2H3. The Kier molecular flexibility index (Phi) is 6.35. The SMILES string of the molecule is C=CCOc1ccccc1OC(CCCc1ccccc1)(NC)C1CC1. The molecule has 26 heavy (non-hydrogen) atoms. The normalized spacial score (nSPS) is 15.9. The summed E-state index contributed by atoms with van der Waals surface area (Å²) in [6.07, 6.45) is 7.29. The maximum Gasteiger partial charge on any atom is 0.163 e. The Morgan fingerprint density at radius 1 is 1.08 bits per heavy atom. The van der Waals surface area contributed by atoms with Crippen molar-refractivity contribution in [3.8, 4) is 11.5 Å². The molecular weight excluding hydrogens is 322 g/mol. The van der Waals surface area contributed by atoms with Crippen molar-refractivity contribution in [3.63, 3.8) is 0 Å². The van der Waals surface area contributed by atoms with Gasteiger partial charge in [-0.1, -0.05) is 55.1 Å². The maximum atomic E-state index is 6.57. The van der Waals surface area contributed by atoms with Gasteiger partial charge in [0.25, 0.3) is 0 Å². The molecule has 1 saturated carbocycles. The fraction of sp³-hybridized carbons (Fsp3) is 0.391. The quantitative estimate of drug-likeness (QED) is 0.457. The molecule has 0 heterocycles. The molecular formula is C23H29NO2. The summed E-state index contributed by atoms with van der Waals surface area (Å²) in [5, 5.41) is 3.50. The summed E-state index contributed by atoms with van der Waals surface area (Å²) in [5.74, 6) is 2.13. The molecule has 1 aliphatic carbocycles. The Morgan fingerprint density at radius 3 is 2.42 bits per heavy atom. The van der Waals surface area contributed by atoms with E-state index in [1.54, 1.807) is 6.08 Å². The highest BCUT2D eigenvalue weighted by Gasteiger charge is 2.46. The predicted octanol–water partition coefficient (Wildman–Crippen LogP) is 4.98. The molecule has 1 fully saturated rings. The van der Waals surface area contributed by atoms with E-state index in [1.807, 2.05) is 31.3 Å². The molecule has 0 amide bonds. The van der Waals surface area contributed by atoms with Crippen LogP contribution < -0.4 is 14.8 Å². The molecule has 3 nitrogen and oxygen atoms in total. The molecule has 1 N–H and O–H groups in total. The molecule has 138 valence electrons. The van der Waals surface area contributed by atoms with Crippen molar-refractivity contribution < 1.29 is 9.47 Å². The molecule has 3 rings (SSSR count). The van der Waals surface area contributed by atoms with Crippen molar-refractivity contribution in [3.05, 3.63) is 72.8 Å². The lowest BCUT2D eigenvalue weighted by Gasteiger charge is -2.35. The lowest BCUT2D eigenvalue weighted by molar-refractivity contribution is 0.00511. The highest BCUT2D eigenvalue weighted by Crippen LogP contribution is 2.44. The van der Waals surface area contributed by atoms with E-state index in [4.69, 9.17) is 9.47 Å². The second kappa shape index (κ2) is 8.91. The van der Waals surface area contributed by atoms with Crippen LogP contribution in [0.3, 0.4) is 0 Å². The van der Waals surface area contributed by atoms with E-state index in [0.717, 1.165) is 30.8 Å². The van der Waals surface area contributed by atoms with Gasteiger partial charge in [-0.15, -0.1) is 0 Å². The number of benzene rings is 2. The van der Waals surface area contributed by atoms with Gasteiger partial charge in [0, 0.05) is 12.3 Å². The Balaban J connectivity index is 1.70. The molecule has 0 saturated heterocycles. The molecule has 0 radical (unpaired) electrons. The van der Waals surface area contributed by atoms with E-state index in [9.17, 15) is 0 Å². The third kappa shape index (κ3) is 4.67. The summed E-state index contributed by atoms with van der Waals surface area (Å²) in [4.78, 5) is 0. The number of rotatable bonds is 11. The first-order chi connectivity index (χ1) is 12.8. The lowest BCUT2D eigenvalue weighted by Crippen LogP contribution is -2.50. The third-order valence-electron chi connectivity index (χ3n) is 5.01. The van der Waals surface area contributed by atoms with Crippen molar-refractivity contribution in [2.45, 2.75) is 37.8 Å². The Bertz CT molecular complexity index is 696. The van der Waals surface area contributed by atoms with Crippen molar-refractivity contribution in [1.29, 1.82) is 0 Å². The fourth-order valence-corrected chi connectivity index (χ4v) is 3.47. The molecule has 3 heteroatoms. The smallest absolute Gasteiger partial charge is 0.163 e. The average Bonchev–Trinajstić information content (AvgIpc) is 3.53. The summed E-state index contributed by atoms with van der Waals surface area (Å²) in [6, 6.07) is 18.6. The minimum Gasteiger partial charge on any atom is -0.486 e. The van der Waals surface area contributed by atoms with Crippen LogP contribution in [0.1, 0.15) is 31.2 Å². The molecule has 0 spiro atoms. The van der Waals surface area contributed by atoms with Crippen molar-refractivity contribution in [2.75, 3.05) is 13.7 Å². The third-order valence-corrected chi connectivity index (χ3v) is 5.01. The number of ether oxygens (including phenoxy) is 2. The van der Waals surface area contributed by atoms with Gasteiger partial charge in [0.2, 0.25) is 0 Å². The van der Waals surface area contributed by atoms with Crippen LogP contribution in [0, 0.1) is 5.92 Å². The second-order valence-electron chi connectivity index (χ2n) is 6.90. The van der Waals surface area contributed by atoms with Gasteiger partial charge in [-0.25, -0.2) is 0 Å². The van der Waals surface area contributed by atoms with Crippen molar-refractivity contribution in [2.24, 2.45) is 5.92 Å². The summed E-state index contributed by atoms with van der Waals surface area (Å²) in [7, 11) is 2.01. The van der Waals surface area contributed by atoms with Gasteiger partial charge in [0.15, 0.2) is 17.2 Å². The lowest BCUT2D eigenvalue weighted by atomic mass is 9.98. The van der Waals surface area contributed by atoms with Crippen LogP contribution in [0.5, 0.6) is 11.5 Å². The highest BCUT2D eigenvalue weighted by atomic mass is 16.5. The number of nitrogens with one attached hydrogen (secondary N) is 1. The van der Waals surface area contributed by atoms with Crippen molar-refractivity contribution in [1.82, 2.24) is 5.32 Å². The molecule has 2 aromatic rings. The van der Waals surface area contributed by atoms with Crippen LogP contribution in [-0.2, 0) is 6.42 Å². The van der Waals surface area contributed by atoms with E-state index >= 15 is 0 Å². The number of hydrogen-bond acceptors (Lipinski definition) is 3. The first kappa shape index (κ1) is 18.5. The molecule has 0 aliphatic heterocycles. The van der Waals surface area contributed by atoms with Gasteiger partial charge in [0.1, 0.15) is 6.61 Å². The van der Waals surface area contributed by atoms with Crippen LogP contribution in [0.15, 0.2) is 67.3 Å². The van der Waals surface area contributed by atoms with Gasteiger partial charge in [0.05, 0.1) is 0 Å². The topological polar surface area (TPSA) is 30.5 Å². The zero-order valence-corrected chi connectivity index (χ0v) is 15.6. The minimum absolute atomic E-state index is 0.331. The largest absolute Gasteiger partial charge is 0.486 e. The van der Waals surface area contributed by atoms with Crippen LogP contribution in [0.2, 0.25) is 0 Å². The zero-order valence-electron chi connectivity index (χ0n) is 15.6. The molecule has 1 aliphatic rings. The van der Waals surface area contributed by atoms with E-state index in [0.29, 0.717) is 12.5 Å². The molecule has 0 aromatic heterocycles. The summed E-state index contributed by atoms with van der Waals surface area (Å²) >= 11 is 0. The van der Waals surface area contributed by atoms with Crippen LogP contribution in [0.4, 0.5) is 0 Å². The monoisotopic (exact) mass is 351 g/mol. The average molecular weight is 351 g/mol. The first-order valence-electron chi connectivity index (χ1n) is 9.52. The molecule has 0 bridgehead atoms. The van der Waals surface area contributed by atoms with E-state index < -0.39 is 0 Å². The molecule has 1 unspecified atom stereocenters. The second-order valence-corrected chi connectivity index (χ2v) is 6.90. The van der Waals surface area contributed by atoms with E-state index in [1.165, 1.54) is 18.4 Å². The highest BCUT2D eigenvalue weighted by molar-refractivity contribution is 5.40. The minimum atomic E-state index is -0.331. The number of hydrogen-bond donors (Lipinski definition) is 1.